The summed E-state index contributed by atoms with van der Waals surface area (Å²) in [6, 6.07) is 4.04. The molecule has 0 radical (unpaired) electrons. The van der Waals surface area contributed by atoms with Crippen molar-refractivity contribution in [1.82, 2.24) is 4.98 Å². The Labute approximate surface area is 111 Å². The van der Waals surface area contributed by atoms with Gasteiger partial charge in [-0.1, -0.05) is 13.8 Å². The van der Waals surface area contributed by atoms with E-state index in [0.717, 1.165) is 36.2 Å². The maximum absolute atomic E-state index is 9.88. The van der Waals surface area contributed by atoms with E-state index in [2.05, 4.69) is 39.7 Å². The summed E-state index contributed by atoms with van der Waals surface area (Å²) in [7, 11) is 0. The minimum Gasteiger partial charge on any atom is -0.393 e. The fourth-order valence-corrected chi connectivity index (χ4v) is 2.69. The highest BCUT2D eigenvalue weighted by atomic mass is 79.9. The first-order valence-electron chi connectivity index (χ1n) is 6.01. The van der Waals surface area contributed by atoms with Crippen molar-refractivity contribution in [3.63, 3.8) is 0 Å². The number of hydrogen-bond acceptors (Lipinski definition) is 3. The van der Waals surface area contributed by atoms with E-state index in [1.807, 2.05) is 18.3 Å². The number of nitrogens with zero attached hydrogens (tertiary/aromatic N) is 2. The number of pyridine rings is 1. The van der Waals surface area contributed by atoms with Crippen molar-refractivity contribution < 1.29 is 5.11 Å². The number of aliphatic hydroxyl groups excluding tert-OH is 1. The molecule has 4 heteroatoms. The molecule has 0 aliphatic carbocycles. The monoisotopic (exact) mass is 298 g/mol. The van der Waals surface area contributed by atoms with Crippen molar-refractivity contribution in [2.45, 2.75) is 32.8 Å². The minimum absolute atomic E-state index is 0.130. The summed E-state index contributed by atoms with van der Waals surface area (Å²) in [6.45, 7) is 6.22. The first-order chi connectivity index (χ1) is 7.96. The van der Waals surface area contributed by atoms with Gasteiger partial charge in [-0.25, -0.2) is 4.98 Å². The molecule has 0 unspecified atom stereocenters. The molecule has 0 saturated carbocycles. The molecule has 0 spiro atoms. The molecule has 1 aliphatic heterocycles. The molecule has 0 bridgehead atoms. The van der Waals surface area contributed by atoms with Crippen molar-refractivity contribution in [3.05, 3.63) is 22.8 Å². The van der Waals surface area contributed by atoms with Crippen LogP contribution in [0.4, 0.5) is 5.82 Å². The van der Waals surface area contributed by atoms with Gasteiger partial charge in [0.05, 0.1) is 6.10 Å². The molecule has 1 N–H and O–H groups in total. The Balaban J connectivity index is 2.17. The minimum atomic E-state index is -0.189. The summed E-state index contributed by atoms with van der Waals surface area (Å²) in [5, 5.41) is 9.88. The average molecular weight is 299 g/mol. The SMILES string of the molecule is CC1(C)C[C@H](O)CCN(c2ccc(Br)cn2)C1. The smallest absolute Gasteiger partial charge is 0.128 e. The van der Waals surface area contributed by atoms with Gasteiger partial charge in [-0.05, 0) is 46.3 Å². The molecule has 0 aromatic carbocycles. The Morgan fingerprint density at radius 1 is 1.47 bits per heavy atom. The molecule has 94 valence electrons. The van der Waals surface area contributed by atoms with Gasteiger partial charge < -0.3 is 10.0 Å². The lowest BCUT2D eigenvalue weighted by atomic mass is 9.87. The van der Waals surface area contributed by atoms with E-state index in [0.29, 0.717) is 0 Å². The molecule has 1 aromatic heterocycles. The van der Waals surface area contributed by atoms with E-state index in [1.165, 1.54) is 0 Å². The van der Waals surface area contributed by atoms with Crippen LogP contribution in [0.25, 0.3) is 0 Å². The third-order valence-corrected chi connectivity index (χ3v) is 3.64. The van der Waals surface area contributed by atoms with Gasteiger partial charge >= 0.3 is 0 Å². The van der Waals surface area contributed by atoms with Gasteiger partial charge in [0, 0.05) is 23.8 Å². The number of rotatable bonds is 1. The first kappa shape index (κ1) is 12.8. The van der Waals surface area contributed by atoms with E-state index >= 15 is 0 Å². The van der Waals surface area contributed by atoms with Crippen molar-refractivity contribution >= 4 is 21.7 Å². The van der Waals surface area contributed by atoms with Gasteiger partial charge in [-0.15, -0.1) is 0 Å². The second-order valence-electron chi connectivity index (χ2n) is 5.57. The highest BCUT2D eigenvalue weighted by Gasteiger charge is 2.29. The summed E-state index contributed by atoms with van der Waals surface area (Å²) in [5.74, 6) is 0.996. The molecular weight excluding hydrogens is 280 g/mol. The lowest BCUT2D eigenvalue weighted by Crippen LogP contribution is -2.33. The van der Waals surface area contributed by atoms with E-state index in [-0.39, 0.29) is 11.5 Å². The number of aromatic nitrogens is 1. The topological polar surface area (TPSA) is 36.4 Å². The maximum Gasteiger partial charge on any atom is 0.128 e. The molecule has 2 rings (SSSR count). The Morgan fingerprint density at radius 2 is 2.24 bits per heavy atom. The second-order valence-corrected chi connectivity index (χ2v) is 6.48. The predicted molar refractivity (Wildman–Crippen MR) is 73.2 cm³/mol. The molecule has 2 heterocycles. The molecule has 1 aliphatic rings. The lowest BCUT2D eigenvalue weighted by Gasteiger charge is -2.30. The maximum atomic E-state index is 9.88. The highest BCUT2D eigenvalue weighted by molar-refractivity contribution is 9.10. The van der Waals surface area contributed by atoms with Crippen LogP contribution in [0.1, 0.15) is 26.7 Å². The Hall–Kier alpha value is -0.610. The van der Waals surface area contributed by atoms with Crippen molar-refractivity contribution in [2.75, 3.05) is 18.0 Å². The van der Waals surface area contributed by atoms with Crippen LogP contribution >= 0.6 is 15.9 Å². The lowest BCUT2D eigenvalue weighted by molar-refractivity contribution is 0.123. The second kappa shape index (κ2) is 4.94. The molecule has 3 nitrogen and oxygen atoms in total. The molecule has 1 fully saturated rings. The summed E-state index contributed by atoms with van der Waals surface area (Å²) in [4.78, 5) is 6.70. The Bertz CT molecular complexity index is 378. The van der Waals surface area contributed by atoms with Gasteiger partial charge in [0.1, 0.15) is 5.82 Å². The van der Waals surface area contributed by atoms with Crippen molar-refractivity contribution in [3.8, 4) is 0 Å². The van der Waals surface area contributed by atoms with Gasteiger partial charge in [-0.2, -0.15) is 0 Å². The third kappa shape index (κ3) is 3.42. The van der Waals surface area contributed by atoms with E-state index in [4.69, 9.17) is 0 Å². The average Bonchev–Trinajstić information content (AvgIpc) is 2.37. The zero-order chi connectivity index (χ0) is 12.5. The normalized spacial score (nSPS) is 24.5. The van der Waals surface area contributed by atoms with Crippen LogP contribution in [-0.4, -0.2) is 29.3 Å². The number of hydrogen-bond donors (Lipinski definition) is 1. The van der Waals surface area contributed by atoms with Gasteiger partial charge in [-0.3, -0.25) is 0 Å². The molecule has 1 atom stereocenters. The number of halogens is 1. The Morgan fingerprint density at radius 3 is 2.88 bits per heavy atom. The highest BCUT2D eigenvalue weighted by Crippen LogP contribution is 2.30. The third-order valence-electron chi connectivity index (χ3n) is 3.18. The summed E-state index contributed by atoms with van der Waals surface area (Å²) in [6.07, 6.45) is 3.32. The quantitative estimate of drug-likeness (QED) is 0.866. The van der Waals surface area contributed by atoms with E-state index < -0.39 is 0 Å². The van der Waals surface area contributed by atoms with Gasteiger partial charge in [0.2, 0.25) is 0 Å². The van der Waals surface area contributed by atoms with E-state index in [9.17, 15) is 5.11 Å². The summed E-state index contributed by atoms with van der Waals surface area (Å²) < 4.78 is 0.996. The molecule has 0 amide bonds. The molecule has 1 aromatic rings. The zero-order valence-electron chi connectivity index (χ0n) is 10.4. The number of anilines is 1. The van der Waals surface area contributed by atoms with E-state index in [1.54, 1.807) is 0 Å². The van der Waals surface area contributed by atoms with Crippen molar-refractivity contribution in [1.29, 1.82) is 0 Å². The van der Waals surface area contributed by atoms with Crippen LogP contribution in [0.2, 0.25) is 0 Å². The molecule has 17 heavy (non-hydrogen) atoms. The van der Waals surface area contributed by atoms with Gasteiger partial charge in [0.15, 0.2) is 0 Å². The largest absolute Gasteiger partial charge is 0.393 e. The van der Waals surface area contributed by atoms with Crippen LogP contribution in [-0.2, 0) is 0 Å². The summed E-state index contributed by atoms with van der Waals surface area (Å²) in [5.41, 5.74) is 0.130. The first-order valence-corrected chi connectivity index (χ1v) is 6.80. The fourth-order valence-electron chi connectivity index (χ4n) is 2.46. The summed E-state index contributed by atoms with van der Waals surface area (Å²) >= 11 is 3.40. The zero-order valence-corrected chi connectivity index (χ0v) is 11.9. The van der Waals surface area contributed by atoms with Crippen LogP contribution in [0.5, 0.6) is 0 Å². The standard InChI is InChI=1S/C13H19BrN2O/c1-13(2)7-11(17)5-6-16(9-13)12-4-3-10(14)8-15-12/h3-4,8,11,17H,5-7,9H2,1-2H3/t11-/m1/s1. The van der Waals surface area contributed by atoms with Crippen LogP contribution in [0.3, 0.4) is 0 Å². The predicted octanol–water partition coefficient (Wildman–Crippen LogP) is 2.83. The fraction of sp³-hybridized carbons (Fsp3) is 0.615. The van der Waals surface area contributed by atoms with Crippen LogP contribution in [0, 0.1) is 5.41 Å². The van der Waals surface area contributed by atoms with Crippen LogP contribution in [0.15, 0.2) is 22.8 Å². The van der Waals surface area contributed by atoms with Gasteiger partial charge in [0.25, 0.3) is 0 Å². The molecular formula is C13H19BrN2O. The molecule has 1 saturated heterocycles. The number of aliphatic hydroxyl groups is 1. The Kier molecular flexibility index (Phi) is 3.73. The van der Waals surface area contributed by atoms with Crippen molar-refractivity contribution in [2.24, 2.45) is 5.41 Å². The van der Waals surface area contributed by atoms with Crippen LogP contribution < -0.4 is 4.90 Å².